The Kier molecular flexibility index (Phi) is 5.34. The van der Waals surface area contributed by atoms with Crippen LogP contribution in [0.3, 0.4) is 0 Å². The average Bonchev–Trinajstić information content (AvgIpc) is 2.54. The minimum absolute atomic E-state index is 0.123. The molecule has 0 aromatic heterocycles. The van der Waals surface area contributed by atoms with Gasteiger partial charge in [0.05, 0.1) is 11.6 Å². The highest BCUT2D eigenvalue weighted by Crippen LogP contribution is 2.13. The van der Waals surface area contributed by atoms with Crippen molar-refractivity contribution in [2.24, 2.45) is 0 Å². The van der Waals surface area contributed by atoms with Gasteiger partial charge in [-0.1, -0.05) is 23.7 Å². The Morgan fingerprint density at radius 2 is 1.91 bits per heavy atom. The second-order valence-corrected chi connectivity index (χ2v) is 5.32. The van der Waals surface area contributed by atoms with Crippen molar-refractivity contribution >= 4 is 23.5 Å². The summed E-state index contributed by atoms with van der Waals surface area (Å²) in [4.78, 5) is 23.5. The number of carbonyl (C=O) groups excluding carboxylic acids is 1. The number of carbonyl (C=O) groups is 2. The van der Waals surface area contributed by atoms with Crippen molar-refractivity contribution in [1.82, 2.24) is 5.32 Å². The molecule has 0 heterocycles. The molecule has 5 nitrogen and oxygen atoms in total. The van der Waals surface area contributed by atoms with E-state index < -0.39 is 17.9 Å². The van der Waals surface area contributed by atoms with Crippen LogP contribution in [0, 0.1) is 11.3 Å². The topological polar surface area (TPSA) is 90.2 Å². The molecule has 0 saturated heterocycles. The zero-order valence-electron chi connectivity index (χ0n) is 12.0. The van der Waals surface area contributed by atoms with E-state index in [2.05, 4.69) is 5.32 Å². The van der Waals surface area contributed by atoms with Gasteiger partial charge in [0, 0.05) is 17.0 Å². The highest BCUT2D eigenvalue weighted by Gasteiger charge is 2.21. The van der Waals surface area contributed by atoms with Gasteiger partial charge >= 0.3 is 5.97 Å². The number of hydrogen-bond acceptors (Lipinski definition) is 3. The summed E-state index contributed by atoms with van der Waals surface area (Å²) in [5.41, 5.74) is 1.43. The van der Waals surface area contributed by atoms with E-state index in [1.807, 2.05) is 6.07 Å². The van der Waals surface area contributed by atoms with Gasteiger partial charge in [-0.3, -0.25) is 4.79 Å². The van der Waals surface area contributed by atoms with Crippen LogP contribution in [0.2, 0.25) is 5.02 Å². The van der Waals surface area contributed by atoms with Gasteiger partial charge in [0.15, 0.2) is 0 Å². The maximum atomic E-state index is 12.1. The monoisotopic (exact) mass is 328 g/mol. The maximum absolute atomic E-state index is 12.1. The van der Waals surface area contributed by atoms with Crippen LogP contribution in [0.5, 0.6) is 0 Å². The second-order valence-electron chi connectivity index (χ2n) is 4.89. The third kappa shape index (κ3) is 4.56. The molecule has 2 rings (SSSR count). The number of carboxylic acids is 1. The summed E-state index contributed by atoms with van der Waals surface area (Å²) in [7, 11) is 0. The number of nitrogens with zero attached hydrogens (tertiary/aromatic N) is 1. The lowest BCUT2D eigenvalue weighted by Crippen LogP contribution is -2.42. The standard InChI is InChI=1S/C17H13ClN2O3/c18-14-3-1-2-12(8-14)9-15(17(22)23)20-16(21)13-6-4-11(10-19)5-7-13/h1-8,15H,9H2,(H,20,21)(H,22,23)/t15-/m1/s1. The first-order chi connectivity index (χ1) is 11.0. The summed E-state index contributed by atoms with van der Waals surface area (Å²) < 4.78 is 0. The lowest BCUT2D eigenvalue weighted by atomic mass is 10.1. The summed E-state index contributed by atoms with van der Waals surface area (Å²) in [5.74, 6) is -1.64. The van der Waals surface area contributed by atoms with Crippen LogP contribution >= 0.6 is 11.6 Å². The Morgan fingerprint density at radius 1 is 1.22 bits per heavy atom. The third-order valence-corrected chi connectivity index (χ3v) is 3.44. The molecule has 116 valence electrons. The number of rotatable bonds is 5. The molecule has 1 amide bonds. The number of hydrogen-bond donors (Lipinski definition) is 2. The van der Waals surface area contributed by atoms with Crippen molar-refractivity contribution in [2.75, 3.05) is 0 Å². The second kappa shape index (κ2) is 7.43. The summed E-state index contributed by atoms with van der Waals surface area (Å²) >= 11 is 5.88. The number of carboxylic acid groups (broad SMARTS) is 1. The Bertz CT molecular complexity index is 766. The lowest BCUT2D eigenvalue weighted by Gasteiger charge is -2.15. The Morgan fingerprint density at radius 3 is 2.48 bits per heavy atom. The van der Waals surface area contributed by atoms with Crippen molar-refractivity contribution in [3.8, 4) is 6.07 Å². The van der Waals surface area contributed by atoms with Crippen molar-refractivity contribution in [1.29, 1.82) is 5.26 Å². The third-order valence-electron chi connectivity index (χ3n) is 3.21. The van der Waals surface area contributed by atoms with E-state index >= 15 is 0 Å². The molecule has 0 aliphatic carbocycles. The average molecular weight is 329 g/mol. The fraction of sp³-hybridized carbons (Fsp3) is 0.118. The number of benzene rings is 2. The predicted molar refractivity (Wildman–Crippen MR) is 85.2 cm³/mol. The normalized spacial score (nSPS) is 11.3. The van der Waals surface area contributed by atoms with Crippen LogP contribution in [0.4, 0.5) is 0 Å². The zero-order chi connectivity index (χ0) is 16.8. The molecule has 6 heteroatoms. The number of halogens is 1. The van der Waals surface area contributed by atoms with E-state index in [1.54, 1.807) is 24.3 Å². The smallest absolute Gasteiger partial charge is 0.326 e. The van der Waals surface area contributed by atoms with Gasteiger partial charge < -0.3 is 10.4 Å². The lowest BCUT2D eigenvalue weighted by molar-refractivity contribution is -0.139. The van der Waals surface area contributed by atoms with Gasteiger partial charge in [-0.05, 0) is 42.0 Å². The van der Waals surface area contributed by atoms with E-state index in [4.69, 9.17) is 16.9 Å². The summed E-state index contributed by atoms with van der Waals surface area (Å²) in [6.07, 6.45) is 0.123. The Balaban J connectivity index is 2.11. The number of amides is 1. The van der Waals surface area contributed by atoms with E-state index in [-0.39, 0.29) is 6.42 Å². The van der Waals surface area contributed by atoms with Crippen LogP contribution in [0.25, 0.3) is 0 Å². The van der Waals surface area contributed by atoms with Crippen LogP contribution < -0.4 is 5.32 Å². The predicted octanol–water partition coefficient (Wildman–Crippen LogP) is 2.64. The fourth-order valence-corrected chi connectivity index (χ4v) is 2.25. The first kappa shape index (κ1) is 16.5. The van der Waals surface area contributed by atoms with Crippen molar-refractivity contribution in [2.45, 2.75) is 12.5 Å². The minimum atomic E-state index is -1.13. The molecule has 0 saturated carbocycles. The van der Waals surface area contributed by atoms with E-state index in [1.165, 1.54) is 24.3 Å². The molecule has 2 aromatic rings. The van der Waals surface area contributed by atoms with E-state index in [0.29, 0.717) is 21.7 Å². The SMILES string of the molecule is N#Cc1ccc(C(=O)N[C@H](Cc2cccc(Cl)c2)C(=O)O)cc1. The zero-order valence-corrected chi connectivity index (χ0v) is 12.7. The molecular formula is C17H13ClN2O3. The first-order valence-electron chi connectivity index (χ1n) is 6.78. The molecule has 0 aliphatic rings. The number of aliphatic carboxylic acids is 1. The molecule has 0 spiro atoms. The molecule has 2 aromatic carbocycles. The summed E-state index contributed by atoms with van der Waals surface area (Å²) in [6.45, 7) is 0. The van der Waals surface area contributed by atoms with Gasteiger partial charge in [0.1, 0.15) is 6.04 Å². The first-order valence-corrected chi connectivity index (χ1v) is 7.15. The molecular weight excluding hydrogens is 316 g/mol. The molecule has 2 N–H and O–H groups in total. The van der Waals surface area contributed by atoms with Crippen LogP contribution in [-0.2, 0) is 11.2 Å². The molecule has 0 unspecified atom stereocenters. The van der Waals surface area contributed by atoms with Gasteiger partial charge in [-0.2, -0.15) is 5.26 Å². The van der Waals surface area contributed by atoms with Crippen molar-refractivity contribution in [3.05, 3.63) is 70.2 Å². The van der Waals surface area contributed by atoms with Crippen LogP contribution in [0.15, 0.2) is 48.5 Å². The Labute approximate surface area is 138 Å². The van der Waals surface area contributed by atoms with Crippen molar-refractivity contribution in [3.63, 3.8) is 0 Å². The molecule has 1 atom stereocenters. The molecule has 0 aliphatic heterocycles. The van der Waals surface area contributed by atoms with Crippen molar-refractivity contribution < 1.29 is 14.7 Å². The molecule has 0 fully saturated rings. The maximum Gasteiger partial charge on any atom is 0.326 e. The summed E-state index contributed by atoms with van der Waals surface area (Å²) in [6, 6.07) is 13.7. The fourth-order valence-electron chi connectivity index (χ4n) is 2.04. The molecule has 23 heavy (non-hydrogen) atoms. The molecule has 0 radical (unpaired) electrons. The highest BCUT2D eigenvalue weighted by molar-refractivity contribution is 6.30. The van der Waals surface area contributed by atoms with Crippen LogP contribution in [0.1, 0.15) is 21.5 Å². The minimum Gasteiger partial charge on any atom is -0.480 e. The van der Waals surface area contributed by atoms with E-state index in [0.717, 1.165) is 0 Å². The van der Waals surface area contributed by atoms with Gasteiger partial charge in [0.2, 0.25) is 0 Å². The number of nitrogens with one attached hydrogen (secondary N) is 1. The van der Waals surface area contributed by atoms with Gasteiger partial charge in [0.25, 0.3) is 5.91 Å². The van der Waals surface area contributed by atoms with Crippen LogP contribution in [-0.4, -0.2) is 23.0 Å². The number of nitriles is 1. The van der Waals surface area contributed by atoms with Gasteiger partial charge in [-0.15, -0.1) is 0 Å². The Hall–Kier alpha value is -2.84. The van der Waals surface area contributed by atoms with Gasteiger partial charge in [-0.25, -0.2) is 4.79 Å². The largest absolute Gasteiger partial charge is 0.480 e. The highest BCUT2D eigenvalue weighted by atomic mass is 35.5. The summed E-state index contributed by atoms with van der Waals surface area (Å²) in [5, 5.41) is 21.0. The molecule has 0 bridgehead atoms. The van der Waals surface area contributed by atoms with E-state index in [9.17, 15) is 14.7 Å². The quantitative estimate of drug-likeness (QED) is 0.882.